The lowest BCUT2D eigenvalue weighted by Crippen LogP contribution is -2.04. The van der Waals surface area contributed by atoms with Crippen molar-refractivity contribution in [2.45, 2.75) is 13.8 Å². The summed E-state index contributed by atoms with van der Waals surface area (Å²) in [6, 6.07) is 3.95. The van der Waals surface area contributed by atoms with Crippen molar-refractivity contribution in [3.8, 4) is 0 Å². The first-order valence-corrected chi connectivity index (χ1v) is 5.53. The van der Waals surface area contributed by atoms with Gasteiger partial charge in [-0.3, -0.25) is 4.79 Å². The van der Waals surface area contributed by atoms with E-state index in [-0.39, 0.29) is 11.7 Å². The molecule has 0 amide bonds. The molecule has 0 atom stereocenters. The number of carbonyl (C=O) groups is 1. The molecule has 0 radical (unpaired) electrons. The van der Waals surface area contributed by atoms with Gasteiger partial charge < -0.3 is 0 Å². The highest BCUT2D eigenvalue weighted by Crippen LogP contribution is 2.19. The summed E-state index contributed by atoms with van der Waals surface area (Å²) in [6.45, 7) is 3.92. The first-order valence-electron chi connectivity index (χ1n) is 3.92. The fourth-order valence-corrected chi connectivity index (χ4v) is 2.10. The minimum atomic E-state index is 0.000725. The number of alkyl halides is 1. The highest BCUT2D eigenvalue weighted by molar-refractivity contribution is 14.1. The van der Waals surface area contributed by atoms with Crippen LogP contribution in [0.2, 0.25) is 0 Å². The van der Waals surface area contributed by atoms with E-state index in [0.717, 1.165) is 20.3 Å². The average molecular weight is 309 g/mol. The zero-order valence-electron chi connectivity index (χ0n) is 7.53. The van der Waals surface area contributed by atoms with Crippen LogP contribution in [0, 0.1) is 17.4 Å². The van der Waals surface area contributed by atoms with E-state index < -0.39 is 0 Å². The Morgan fingerprint density at radius 1 is 1.46 bits per heavy atom. The normalized spacial score (nSPS) is 10.2. The van der Waals surface area contributed by atoms with Gasteiger partial charge in [-0.05, 0) is 59.7 Å². The van der Waals surface area contributed by atoms with Gasteiger partial charge in [0.2, 0.25) is 0 Å². The lowest BCUT2D eigenvalue weighted by atomic mass is 10.0. The monoisotopic (exact) mass is 308 g/mol. The number of hydrogen-bond acceptors (Lipinski definition) is 1. The molecule has 0 heterocycles. The SMILES string of the molecule is Cc1cc(I)c(C)c(C(=O)CCl)c1. The molecule has 70 valence electrons. The Morgan fingerprint density at radius 2 is 2.08 bits per heavy atom. The van der Waals surface area contributed by atoms with Crippen molar-refractivity contribution in [2.24, 2.45) is 0 Å². The zero-order valence-corrected chi connectivity index (χ0v) is 10.4. The number of ketones is 1. The van der Waals surface area contributed by atoms with Crippen LogP contribution in [0.25, 0.3) is 0 Å². The molecule has 1 rings (SSSR count). The molecule has 0 aliphatic carbocycles. The van der Waals surface area contributed by atoms with E-state index in [2.05, 4.69) is 28.7 Å². The molecule has 1 aromatic carbocycles. The summed E-state index contributed by atoms with van der Waals surface area (Å²) in [5, 5.41) is 0. The second-order valence-corrected chi connectivity index (χ2v) is 4.41. The van der Waals surface area contributed by atoms with Crippen molar-refractivity contribution < 1.29 is 4.79 Å². The predicted molar refractivity (Wildman–Crippen MR) is 63.7 cm³/mol. The molecule has 3 heteroatoms. The predicted octanol–water partition coefficient (Wildman–Crippen LogP) is 3.33. The van der Waals surface area contributed by atoms with Gasteiger partial charge in [0.25, 0.3) is 0 Å². The van der Waals surface area contributed by atoms with Gasteiger partial charge in [-0.1, -0.05) is 0 Å². The standard InChI is InChI=1S/C10H10ClIO/c1-6-3-8(10(13)5-11)7(2)9(12)4-6/h3-4H,5H2,1-2H3. The molecule has 13 heavy (non-hydrogen) atoms. The van der Waals surface area contributed by atoms with E-state index in [9.17, 15) is 4.79 Å². The molecule has 1 aromatic rings. The average Bonchev–Trinajstić information content (AvgIpc) is 2.10. The largest absolute Gasteiger partial charge is 0.293 e. The van der Waals surface area contributed by atoms with Crippen molar-refractivity contribution in [3.05, 3.63) is 32.4 Å². The molecule has 0 fully saturated rings. The smallest absolute Gasteiger partial charge is 0.177 e. The van der Waals surface area contributed by atoms with E-state index in [1.807, 2.05) is 19.9 Å². The fraction of sp³-hybridized carbons (Fsp3) is 0.300. The molecule has 0 aliphatic rings. The van der Waals surface area contributed by atoms with Gasteiger partial charge in [0.1, 0.15) is 0 Å². The number of carbonyl (C=O) groups excluding carboxylic acids is 1. The number of rotatable bonds is 2. The van der Waals surface area contributed by atoms with E-state index in [4.69, 9.17) is 11.6 Å². The van der Waals surface area contributed by atoms with Crippen LogP contribution in [-0.4, -0.2) is 11.7 Å². The maximum absolute atomic E-state index is 11.4. The zero-order chi connectivity index (χ0) is 10.0. The van der Waals surface area contributed by atoms with E-state index in [1.54, 1.807) is 0 Å². The van der Waals surface area contributed by atoms with Crippen molar-refractivity contribution in [1.29, 1.82) is 0 Å². The van der Waals surface area contributed by atoms with Gasteiger partial charge >= 0.3 is 0 Å². The minimum absolute atomic E-state index is 0.000725. The Morgan fingerprint density at radius 3 is 2.62 bits per heavy atom. The quantitative estimate of drug-likeness (QED) is 0.465. The number of hydrogen-bond donors (Lipinski definition) is 0. The van der Waals surface area contributed by atoms with E-state index in [0.29, 0.717) is 0 Å². The first kappa shape index (κ1) is 11.0. The van der Waals surface area contributed by atoms with Crippen LogP contribution in [0.3, 0.4) is 0 Å². The lowest BCUT2D eigenvalue weighted by Gasteiger charge is -2.06. The highest BCUT2D eigenvalue weighted by Gasteiger charge is 2.10. The molecular formula is C10H10ClIO. The van der Waals surface area contributed by atoms with Crippen LogP contribution in [0.4, 0.5) is 0 Å². The molecule has 0 spiro atoms. The number of benzene rings is 1. The summed E-state index contributed by atoms with van der Waals surface area (Å²) in [5.74, 6) is 0.0567. The van der Waals surface area contributed by atoms with Crippen LogP contribution >= 0.6 is 34.2 Å². The van der Waals surface area contributed by atoms with Gasteiger partial charge in [-0.15, -0.1) is 11.6 Å². The summed E-state index contributed by atoms with van der Waals surface area (Å²) in [6.07, 6.45) is 0. The topological polar surface area (TPSA) is 17.1 Å². The van der Waals surface area contributed by atoms with Crippen LogP contribution < -0.4 is 0 Å². The van der Waals surface area contributed by atoms with Crippen molar-refractivity contribution in [2.75, 3.05) is 5.88 Å². The van der Waals surface area contributed by atoms with Gasteiger partial charge in [0.05, 0.1) is 5.88 Å². The maximum Gasteiger partial charge on any atom is 0.177 e. The highest BCUT2D eigenvalue weighted by atomic mass is 127. The molecular weight excluding hydrogens is 298 g/mol. The Kier molecular flexibility index (Phi) is 3.74. The Balaban J connectivity index is 3.28. The lowest BCUT2D eigenvalue weighted by molar-refractivity contribution is 0.102. The number of Topliss-reactive ketones (excluding diaryl/α,β-unsaturated/α-hetero) is 1. The van der Waals surface area contributed by atoms with Crippen LogP contribution in [-0.2, 0) is 0 Å². The van der Waals surface area contributed by atoms with Crippen LogP contribution in [0.5, 0.6) is 0 Å². The Hall–Kier alpha value is -0.0900. The minimum Gasteiger partial charge on any atom is -0.293 e. The summed E-state index contributed by atoms with van der Waals surface area (Å²) in [7, 11) is 0. The maximum atomic E-state index is 11.4. The van der Waals surface area contributed by atoms with Gasteiger partial charge in [0, 0.05) is 9.13 Å². The summed E-state index contributed by atoms with van der Waals surface area (Å²) in [4.78, 5) is 11.4. The van der Waals surface area contributed by atoms with Gasteiger partial charge in [-0.25, -0.2) is 0 Å². The second kappa shape index (κ2) is 4.42. The van der Waals surface area contributed by atoms with Crippen molar-refractivity contribution in [1.82, 2.24) is 0 Å². The van der Waals surface area contributed by atoms with Crippen molar-refractivity contribution in [3.63, 3.8) is 0 Å². The first-order chi connectivity index (χ1) is 6.06. The molecule has 0 saturated heterocycles. The fourth-order valence-electron chi connectivity index (χ4n) is 1.18. The van der Waals surface area contributed by atoms with E-state index >= 15 is 0 Å². The van der Waals surface area contributed by atoms with Crippen LogP contribution in [0.15, 0.2) is 12.1 Å². The Labute approximate surface area is 96.6 Å². The molecule has 0 N–H and O–H groups in total. The van der Waals surface area contributed by atoms with Gasteiger partial charge in [0.15, 0.2) is 5.78 Å². The molecule has 0 aromatic heterocycles. The summed E-state index contributed by atoms with van der Waals surface area (Å²) < 4.78 is 1.12. The number of halogens is 2. The third-order valence-corrected chi connectivity index (χ3v) is 3.27. The third-order valence-electron chi connectivity index (χ3n) is 1.91. The summed E-state index contributed by atoms with van der Waals surface area (Å²) >= 11 is 7.74. The van der Waals surface area contributed by atoms with Gasteiger partial charge in [-0.2, -0.15) is 0 Å². The number of aryl methyl sites for hydroxylation is 1. The molecule has 0 saturated carbocycles. The molecule has 0 aliphatic heterocycles. The molecule has 1 nitrogen and oxygen atoms in total. The summed E-state index contributed by atoms with van der Waals surface area (Å²) in [5.41, 5.74) is 2.87. The Bertz CT molecular complexity index is 347. The van der Waals surface area contributed by atoms with Crippen molar-refractivity contribution >= 4 is 40.0 Å². The van der Waals surface area contributed by atoms with Crippen LogP contribution in [0.1, 0.15) is 21.5 Å². The third kappa shape index (κ3) is 2.44. The molecule has 0 bridgehead atoms. The second-order valence-electron chi connectivity index (χ2n) is 2.98. The van der Waals surface area contributed by atoms with E-state index in [1.165, 1.54) is 0 Å². The molecule has 0 unspecified atom stereocenters.